The normalized spacial score (nSPS) is 15.1. The highest BCUT2D eigenvalue weighted by atomic mass is 16.6. The number of carbonyl (C=O) groups is 2. The molecule has 0 saturated carbocycles. The molecule has 0 aromatic heterocycles. The Kier molecular flexibility index (Phi) is 4.75. The molecule has 0 atom stereocenters. The van der Waals surface area contributed by atoms with Gasteiger partial charge in [0.25, 0.3) is 17.5 Å². The summed E-state index contributed by atoms with van der Waals surface area (Å²) in [5.74, 6) is -2.35. The van der Waals surface area contributed by atoms with Crippen molar-refractivity contribution in [1.82, 2.24) is 5.43 Å². The van der Waals surface area contributed by atoms with Gasteiger partial charge in [-0.25, -0.2) is 5.01 Å². The van der Waals surface area contributed by atoms with Crippen LogP contribution in [-0.2, 0) is 9.59 Å². The van der Waals surface area contributed by atoms with E-state index in [9.17, 15) is 24.8 Å². The van der Waals surface area contributed by atoms with Crippen LogP contribution in [0.25, 0.3) is 6.08 Å². The zero-order chi connectivity index (χ0) is 19.6. The summed E-state index contributed by atoms with van der Waals surface area (Å²) in [6, 6.07) is 10.7. The van der Waals surface area contributed by atoms with Crippen molar-refractivity contribution in [2.45, 2.75) is 6.92 Å². The number of rotatable bonds is 5. The van der Waals surface area contributed by atoms with Crippen molar-refractivity contribution in [2.24, 2.45) is 0 Å². The van der Waals surface area contributed by atoms with Gasteiger partial charge in [0.05, 0.1) is 17.2 Å². The van der Waals surface area contributed by atoms with Crippen molar-refractivity contribution in [1.29, 1.82) is 0 Å². The van der Waals surface area contributed by atoms with E-state index in [1.807, 2.05) is 0 Å². The maximum atomic E-state index is 12.6. The number of nitrogens with one attached hydrogen (secondary N) is 1. The van der Waals surface area contributed by atoms with Gasteiger partial charge in [0, 0.05) is 11.8 Å². The van der Waals surface area contributed by atoms with Crippen molar-refractivity contribution in [2.75, 3.05) is 11.6 Å². The molecule has 0 aliphatic carbocycles. The monoisotopic (exact) mass is 368 g/mol. The molecule has 0 radical (unpaired) electrons. The van der Waals surface area contributed by atoms with Gasteiger partial charge in [-0.1, -0.05) is 18.2 Å². The maximum Gasteiger partial charge on any atom is 0.282 e. The van der Waals surface area contributed by atoms with Gasteiger partial charge in [-0.15, -0.1) is 0 Å². The Morgan fingerprint density at radius 3 is 2.56 bits per heavy atom. The molecule has 1 fully saturated rings. The molecule has 138 valence electrons. The molecule has 9 nitrogen and oxygen atoms in total. The molecule has 0 unspecified atom stereocenters. The highest BCUT2D eigenvalue weighted by Crippen LogP contribution is 2.35. The Morgan fingerprint density at radius 2 is 1.93 bits per heavy atom. The summed E-state index contributed by atoms with van der Waals surface area (Å²) in [5.41, 5.74) is 2.12. The second-order valence-electron chi connectivity index (χ2n) is 5.53. The fourth-order valence-corrected chi connectivity index (χ4v) is 2.57. The predicted octanol–water partition coefficient (Wildman–Crippen LogP) is 1.53. The summed E-state index contributed by atoms with van der Waals surface area (Å²) >= 11 is 0. The smallest absolute Gasteiger partial charge is 0.282 e. The summed E-state index contributed by atoms with van der Waals surface area (Å²) in [4.78, 5) is 35.0. The van der Waals surface area contributed by atoms with Gasteiger partial charge in [-0.05, 0) is 36.8 Å². The van der Waals surface area contributed by atoms with Crippen molar-refractivity contribution < 1.29 is 24.4 Å². The van der Waals surface area contributed by atoms with Gasteiger partial charge in [-0.2, -0.15) is 0 Å². The van der Waals surface area contributed by atoms with Gasteiger partial charge in [0.1, 0.15) is 11.3 Å². The fraction of sp³-hybridized carbons (Fsp3) is 0.111. The topological polar surface area (TPSA) is 125 Å². The molecular formula is C18H14N3O6-. The molecule has 1 heterocycles. The standard InChI is InChI=1S/C18H15N3O6/c1-2-27-15-10-11(9-14(16(15)22)21(25)26)8-13-17(23)19-20(18(13)24)12-6-4-3-5-7-12/h3-10,22H,2H2,1H3,(H,19,23)/p-1/b13-8+. The zero-order valence-corrected chi connectivity index (χ0v) is 14.2. The lowest BCUT2D eigenvalue weighted by molar-refractivity contribution is -0.398. The Labute approximate surface area is 153 Å². The van der Waals surface area contributed by atoms with Gasteiger partial charge >= 0.3 is 0 Å². The quantitative estimate of drug-likeness (QED) is 0.369. The second-order valence-corrected chi connectivity index (χ2v) is 5.53. The number of anilines is 1. The van der Waals surface area contributed by atoms with Crippen LogP contribution in [0.5, 0.6) is 11.5 Å². The largest absolute Gasteiger partial charge is 0.865 e. The molecular weight excluding hydrogens is 354 g/mol. The number of ether oxygens (including phenoxy) is 1. The summed E-state index contributed by atoms with van der Waals surface area (Å²) in [6.45, 7) is 1.76. The molecule has 1 saturated heterocycles. The molecule has 2 aromatic rings. The number of hydrazine groups is 1. The van der Waals surface area contributed by atoms with Crippen LogP contribution in [0.2, 0.25) is 0 Å². The zero-order valence-electron chi connectivity index (χ0n) is 14.2. The molecule has 2 aromatic carbocycles. The SMILES string of the molecule is CCOc1cc(/C=C2\C(=O)NN(c3ccccc3)C2=O)cc([N+](=O)[O-])c1[O-]. The van der Waals surface area contributed by atoms with Crippen LogP contribution in [0.4, 0.5) is 11.4 Å². The lowest BCUT2D eigenvalue weighted by atomic mass is 10.1. The van der Waals surface area contributed by atoms with Gasteiger partial charge in [-0.3, -0.25) is 25.1 Å². The number of nitrogens with zero attached hydrogens (tertiary/aromatic N) is 2. The third-order valence-electron chi connectivity index (χ3n) is 3.77. The second kappa shape index (κ2) is 7.16. The summed E-state index contributed by atoms with van der Waals surface area (Å²) in [6.07, 6.45) is 1.19. The van der Waals surface area contributed by atoms with E-state index >= 15 is 0 Å². The molecule has 27 heavy (non-hydrogen) atoms. The van der Waals surface area contributed by atoms with Gasteiger partial charge in [0.2, 0.25) is 0 Å². The number of benzene rings is 2. The predicted molar refractivity (Wildman–Crippen MR) is 93.8 cm³/mol. The van der Waals surface area contributed by atoms with Crippen molar-refractivity contribution in [3.8, 4) is 11.5 Å². The number of nitro benzene ring substituents is 1. The maximum absolute atomic E-state index is 12.6. The van der Waals surface area contributed by atoms with Crippen LogP contribution in [-0.4, -0.2) is 23.3 Å². The average molecular weight is 368 g/mol. The lowest BCUT2D eigenvalue weighted by Gasteiger charge is -2.15. The number of amides is 2. The van der Waals surface area contributed by atoms with E-state index in [0.717, 1.165) is 11.1 Å². The van der Waals surface area contributed by atoms with Crippen LogP contribution in [0.15, 0.2) is 48.0 Å². The van der Waals surface area contributed by atoms with E-state index in [0.29, 0.717) is 5.69 Å². The van der Waals surface area contributed by atoms with Crippen LogP contribution in [0, 0.1) is 10.1 Å². The van der Waals surface area contributed by atoms with Crippen molar-refractivity contribution in [3.63, 3.8) is 0 Å². The molecule has 3 rings (SSSR count). The number of hydrogen-bond donors (Lipinski definition) is 1. The Bertz CT molecular complexity index is 955. The molecule has 1 aliphatic heterocycles. The van der Waals surface area contributed by atoms with Crippen molar-refractivity contribution >= 4 is 29.3 Å². The summed E-state index contributed by atoms with van der Waals surface area (Å²) in [5, 5.41) is 24.2. The van der Waals surface area contributed by atoms with E-state index in [1.165, 1.54) is 12.1 Å². The number of para-hydroxylation sites is 1. The number of hydrogen-bond acceptors (Lipinski definition) is 6. The van der Waals surface area contributed by atoms with Crippen molar-refractivity contribution in [3.05, 3.63) is 63.7 Å². The van der Waals surface area contributed by atoms with Crippen LogP contribution in [0.3, 0.4) is 0 Å². The molecule has 1 N–H and O–H groups in total. The van der Waals surface area contributed by atoms with E-state index in [2.05, 4.69) is 5.43 Å². The third-order valence-corrected chi connectivity index (χ3v) is 3.77. The number of carbonyl (C=O) groups excluding carboxylic acids is 2. The first kappa shape index (κ1) is 17.9. The minimum atomic E-state index is -0.864. The van der Waals surface area contributed by atoms with Crippen LogP contribution >= 0.6 is 0 Å². The molecule has 0 spiro atoms. The Balaban J connectivity index is 2.02. The number of nitro groups is 1. The minimum absolute atomic E-state index is 0.133. The minimum Gasteiger partial charge on any atom is -0.865 e. The highest BCUT2D eigenvalue weighted by Gasteiger charge is 2.34. The van der Waals surface area contributed by atoms with Crippen LogP contribution in [0.1, 0.15) is 12.5 Å². The Hall–Kier alpha value is -3.88. The molecule has 0 bridgehead atoms. The summed E-state index contributed by atoms with van der Waals surface area (Å²) in [7, 11) is 0. The van der Waals surface area contributed by atoms with E-state index < -0.39 is 28.2 Å². The molecule has 9 heteroatoms. The Morgan fingerprint density at radius 1 is 1.22 bits per heavy atom. The highest BCUT2D eigenvalue weighted by molar-refractivity contribution is 6.31. The molecule has 2 amide bonds. The van der Waals surface area contributed by atoms with E-state index in [-0.39, 0.29) is 23.5 Å². The fourth-order valence-electron chi connectivity index (χ4n) is 2.57. The molecule has 1 aliphatic rings. The first-order valence-corrected chi connectivity index (χ1v) is 7.96. The first-order valence-electron chi connectivity index (χ1n) is 7.96. The third kappa shape index (κ3) is 3.43. The summed E-state index contributed by atoms with van der Waals surface area (Å²) < 4.78 is 5.13. The van der Waals surface area contributed by atoms with Gasteiger partial charge in [0.15, 0.2) is 0 Å². The van der Waals surface area contributed by atoms with Gasteiger partial charge < -0.3 is 9.84 Å². The van der Waals surface area contributed by atoms with E-state index in [1.54, 1.807) is 37.3 Å². The average Bonchev–Trinajstić information content (AvgIpc) is 2.93. The first-order chi connectivity index (χ1) is 12.9. The van der Waals surface area contributed by atoms with Crippen LogP contribution < -0.4 is 20.3 Å². The van der Waals surface area contributed by atoms with E-state index in [4.69, 9.17) is 4.74 Å². The lowest BCUT2D eigenvalue weighted by Crippen LogP contribution is -2.35.